The maximum atomic E-state index is 11.6. The standard InChI is InChI=1S/C10H19BN2O2/c11-7-13-9(14)6-12-10(15)8-4-2-1-3-5-8/h8H,1-7,11H2,(H,12,15)(H,13,14). The lowest BCUT2D eigenvalue weighted by Gasteiger charge is -2.20. The normalized spacial score (nSPS) is 17.1. The van der Waals surface area contributed by atoms with Crippen LogP contribution in [0.1, 0.15) is 32.1 Å². The molecule has 0 aliphatic heterocycles. The van der Waals surface area contributed by atoms with Crippen LogP contribution in [0.25, 0.3) is 0 Å². The highest BCUT2D eigenvalue weighted by molar-refractivity contribution is 6.10. The summed E-state index contributed by atoms with van der Waals surface area (Å²) < 4.78 is 0. The van der Waals surface area contributed by atoms with E-state index in [9.17, 15) is 9.59 Å². The number of carbonyl (C=O) groups excluding carboxylic acids is 2. The van der Waals surface area contributed by atoms with Crippen molar-refractivity contribution >= 4 is 19.7 Å². The molecule has 5 heteroatoms. The van der Waals surface area contributed by atoms with E-state index in [4.69, 9.17) is 0 Å². The zero-order valence-electron chi connectivity index (χ0n) is 9.34. The van der Waals surface area contributed by atoms with E-state index >= 15 is 0 Å². The first-order chi connectivity index (χ1) is 7.24. The van der Waals surface area contributed by atoms with Crippen molar-refractivity contribution < 1.29 is 9.59 Å². The molecule has 0 bridgehead atoms. The summed E-state index contributed by atoms with van der Waals surface area (Å²) >= 11 is 0. The molecule has 84 valence electrons. The lowest BCUT2D eigenvalue weighted by molar-refractivity contribution is -0.129. The second kappa shape index (κ2) is 6.48. The smallest absolute Gasteiger partial charge is 0.238 e. The van der Waals surface area contributed by atoms with Gasteiger partial charge in [0.2, 0.25) is 11.8 Å². The average Bonchev–Trinajstić information content (AvgIpc) is 2.27. The van der Waals surface area contributed by atoms with Gasteiger partial charge in [0.1, 0.15) is 7.85 Å². The third kappa shape index (κ3) is 4.36. The molecule has 1 fully saturated rings. The lowest BCUT2D eigenvalue weighted by atomic mass is 9.89. The van der Waals surface area contributed by atoms with Gasteiger partial charge in [-0.05, 0) is 19.3 Å². The summed E-state index contributed by atoms with van der Waals surface area (Å²) in [5, 5.41) is 5.34. The summed E-state index contributed by atoms with van der Waals surface area (Å²) in [6.45, 7) is 0.114. The molecule has 2 amide bonds. The Bertz CT molecular complexity index is 227. The van der Waals surface area contributed by atoms with Gasteiger partial charge in [0.15, 0.2) is 0 Å². The largest absolute Gasteiger partial charge is 0.363 e. The van der Waals surface area contributed by atoms with Crippen LogP contribution in [0.3, 0.4) is 0 Å². The molecule has 0 atom stereocenters. The van der Waals surface area contributed by atoms with Gasteiger partial charge in [-0.1, -0.05) is 19.3 Å². The van der Waals surface area contributed by atoms with Gasteiger partial charge in [0.25, 0.3) is 0 Å². The van der Waals surface area contributed by atoms with E-state index in [0.717, 1.165) is 25.7 Å². The van der Waals surface area contributed by atoms with Crippen LogP contribution < -0.4 is 10.6 Å². The van der Waals surface area contributed by atoms with Crippen molar-refractivity contribution in [1.82, 2.24) is 10.6 Å². The molecule has 0 spiro atoms. The number of carbonyl (C=O) groups is 2. The number of nitrogens with one attached hydrogen (secondary N) is 2. The highest BCUT2D eigenvalue weighted by Gasteiger charge is 2.20. The third-order valence-electron chi connectivity index (χ3n) is 2.77. The first kappa shape index (κ1) is 12.1. The van der Waals surface area contributed by atoms with Crippen molar-refractivity contribution in [2.24, 2.45) is 5.92 Å². The summed E-state index contributed by atoms with van der Waals surface area (Å²) in [5.74, 6) is 0.0655. The quantitative estimate of drug-likeness (QED) is 0.608. The fourth-order valence-electron chi connectivity index (χ4n) is 1.94. The van der Waals surface area contributed by atoms with Crippen molar-refractivity contribution in [2.45, 2.75) is 32.1 Å². The second-order valence-electron chi connectivity index (χ2n) is 4.01. The molecule has 1 aliphatic rings. The summed E-state index contributed by atoms with van der Waals surface area (Å²) in [4.78, 5) is 22.7. The second-order valence-corrected chi connectivity index (χ2v) is 4.01. The van der Waals surface area contributed by atoms with E-state index in [1.807, 2.05) is 7.85 Å². The number of rotatable bonds is 4. The number of amides is 2. The van der Waals surface area contributed by atoms with E-state index < -0.39 is 0 Å². The zero-order chi connectivity index (χ0) is 11.1. The molecule has 0 radical (unpaired) electrons. The molecule has 0 saturated heterocycles. The van der Waals surface area contributed by atoms with Crippen LogP contribution in [-0.4, -0.2) is 32.6 Å². The van der Waals surface area contributed by atoms with Gasteiger partial charge in [-0.3, -0.25) is 9.59 Å². The van der Waals surface area contributed by atoms with Crippen LogP contribution in [0.4, 0.5) is 0 Å². The summed E-state index contributed by atoms with van der Waals surface area (Å²) in [6.07, 6.45) is 6.07. The van der Waals surface area contributed by atoms with E-state index in [1.165, 1.54) is 6.42 Å². The van der Waals surface area contributed by atoms with Gasteiger partial charge >= 0.3 is 0 Å². The topological polar surface area (TPSA) is 58.2 Å². The predicted molar refractivity (Wildman–Crippen MR) is 61.1 cm³/mol. The third-order valence-corrected chi connectivity index (χ3v) is 2.77. The first-order valence-electron chi connectivity index (χ1n) is 5.78. The summed E-state index contributed by atoms with van der Waals surface area (Å²) in [6, 6.07) is 0. The SMILES string of the molecule is BCNC(=O)CNC(=O)C1CCCCC1. The van der Waals surface area contributed by atoms with E-state index in [1.54, 1.807) is 0 Å². The Morgan fingerprint density at radius 2 is 1.80 bits per heavy atom. The minimum Gasteiger partial charge on any atom is -0.363 e. The van der Waals surface area contributed by atoms with Gasteiger partial charge in [-0.25, -0.2) is 0 Å². The minimum atomic E-state index is -0.110. The monoisotopic (exact) mass is 210 g/mol. The Morgan fingerprint density at radius 3 is 2.40 bits per heavy atom. The molecule has 0 aromatic carbocycles. The highest BCUT2D eigenvalue weighted by atomic mass is 16.2. The maximum absolute atomic E-state index is 11.6. The molecule has 0 aromatic heterocycles. The van der Waals surface area contributed by atoms with Crippen LogP contribution in [0.15, 0.2) is 0 Å². The molecule has 1 saturated carbocycles. The van der Waals surface area contributed by atoms with Crippen molar-refractivity contribution in [3.05, 3.63) is 0 Å². The van der Waals surface area contributed by atoms with Crippen LogP contribution >= 0.6 is 0 Å². The maximum Gasteiger partial charge on any atom is 0.238 e. The van der Waals surface area contributed by atoms with Crippen molar-refractivity contribution in [1.29, 1.82) is 0 Å². The van der Waals surface area contributed by atoms with E-state index in [-0.39, 0.29) is 24.3 Å². The molecule has 1 aliphatic carbocycles. The van der Waals surface area contributed by atoms with E-state index in [0.29, 0.717) is 6.44 Å². The Hall–Kier alpha value is -0.995. The molecule has 4 nitrogen and oxygen atoms in total. The molecular weight excluding hydrogens is 191 g/mol. The Morgan fingerprint density at radius 1 is 1.13 bits per heavy atom. The Labute approximate surface area is 91.6 Å². The van der Waals surface area contributed by atoms with Gasteiger partial charge in [0, 0.05) is 5.92 Å². The number of hydrogen-bond acceptors (Lipinski definition) is 2. The lowest BCUT2D eigenvalue weighted by Crippen LogP contribution is -2.40. The Kier molecular flexibility index (Phi) is 5.22. The van der Waals surface area contributed by atoms with Crippen LogP contribution in [-0.2, 0) is 9.59 Å². The highest BCUT2D eigenvalue weighted by Crippen LogP contribution is 2.23. The Balaban J connectivity index is 2.19. The first-order valence-corrected chi connectivity index (χ1v) is 5.78. The summed E-state index contributed by atoms with van der Waals surface area (Å²) in [7, 11) is 1.86. The van der Waals surface area contributed by atoms with Crippen LogP contribution in [0.2, 0.25) is 0 Å². The van der Waals surface area contributed by atoms with Gasteiger partial charge in [0.05, 0.1) is 6.54 Å². The molecule has 1 rings (SSSR count). The zero-order valence-corrected chi connectivity index (χ0v) is 9.34. The fraction of sp³-hybridized carbons (Fsp3) is 0.800. The van der Waals surface area contributed by atoms with Crippen LogP contribution in [0, 0.1) is 5.92 Å². The van der Waals surface area contributed by atoms with Crippen molar-refractivity contribution in [2.75, 3.05) is 13.0 Å². The minimum absolute atomic E-state index is 0.0425. The molecule has 0 aromatic rings. The van der Waals surface area contributed by atoms with E-state index in [2.05, 4.69) is 10.6 Å². The number of hydrogen-bond donors (Lipinski definition) is 2. The molecule has 0 unspecified atom stereocenters. The molecule has 2 N–H and O–H groups in total. The molecule has 15 heavy (non-hydrogen) atoms. The van der Waals surface area contributed by atoms with Gasteiger partial charge in [-0.15, -0.1) is 0 Å². The molecule has 0 heterocycles. The average molecular weight is 210 g/mol. The van der Waals surface area contributed by atoms with Gasteiger partial charge < -0.3 is 10.6 Å². The summed E-state index contributed by atoms with van der Waals surface area (Å²) in [5.41, 5.74) is 0. The van der Waals surface area contributed by atoms with Crippen molar-refractivity contribution in [3.63, 3.8) is 0 Å². The van der Waals surface area contributed by atoms with Crippen LogP contribution in [0.5, 0.6) is 0 Å². The fourth-order valence-corrected chi connectivity index (χ4v) is 1.94. The predicted octanol–water partition coefficient (Wildman–Crippen LogP) is -0.610. The van der Waals surface area contributed by atoms with Gasteiger partial charge in [-0.2, -0.15) is 0 Å². The molecular formula is C10H19BN2O2. The van der Waals surface area contributed by atoms with Crippen molar-refractivity contribution in [3.8, 4) is 0 Å².